The van der Waals surface area contributed by atoms with E-state index in [9.17, 15) is 4.79 Å². The van der Waals surface area contributed by atoms with Crippen molar-refractivity contribution >= 4 is 5.91 Å². The first-order valence-corrected chi connectivity index (χ1v) is 11.8. The van der Waals surface area contributed by atoms with Crippen LogP contribution in [0.5, 0.6) is 5.75 Å². The summed E-state index contributed by atoms with van der Waals surface area (Å²) in [6.45, 7) is 6.13. The minimum atomic E-state index is 0.0894. The lowest BCUT2D eigenvalue weighted by molar-refractivity contribution is -0.0156. The number of aromatic nitrogens is 1. The third-order valence-corrected chi connectivity index (χ3v) is 6.75. The number of fused-ring (bicyclic) bond motifs is 3. The molecule has 6 heteroatoms. The van der Waals surface area contributed by atoms with Gasteiger partial charge in [-0.15, -0.1) is 0 Å². The van der Waals surface area contributed by atoms with Crippen molar-refractivity contribution in [3.63, 3.8) is 0 Å². The zero-order valence-corrected chi connectivity index (χ0v) is 19.3. The van der Waals surface area contributed by atoms with Gasteiger partial charge in [0.1, 0.15) is 12.4 Å². The van der Waals surface area contributed by atoms with Crippen LogP contribution < -0.4 is 4.74 Å². The second-order valence-corrected chi connectivity index (χ2v) is 8.90. The average molecular weight is 438 g/mol. The lowest BCUT2D eigenvalue weighted by Gasteiger charge is -2.41. The van der Waals surface area contributed by atoms with Crippen molar-refractivity contribution in [3.05, 3.63) is 59.4 Å². The third kappa shape index (κ3) is 5.48. The second kappa shape index (κ2) is 10.9. The van der Waals surface area contributed by atoms with Crippen LogP contribution in [0.4, 0.5) is 0 Å². The molecule has 1 amide bonds. The van der Waals surface area contributed by atoms with Crippen molar-refractivity contribution < 1.29 is 14.3 Å². The normalized spacial score (nSPS) is 23.2. The third-order valence-electron chi connectivity index (χ3n) is 6.75. The highest BCUT2D eigenvalue weighted by molar-refractivity contribution is 5.95. The van der Waals surface area contributed by atoms with Gasteiger partial charge in [-0.05, 0) is 69.0 Å². The minimum Gasteiger partial charge on any atom is -0.492 e. The average Bonchev–Trinajstić information content (AvgIpc) is 2.82. The maximum atomic E-state index is 13.4. The lowest BCUT2D eigenvalue weighted by atomic mass is 9.93. The van der Waals surface area contributed by atoms with Gasteiger partial charge in [0.15, 0.2) is 0 Å². The van der Waals surface area contributed by atoms with Crippen molar-refractivity contribution in [2.75, 3.05) is 33.4 Å². The summed E-state index contributed by atoms with van der Waals surface area (Å²) in [5, 5.41) is 0. The summed E-state index contributed by atoms with van der Waals surface area (Å²) in [6, 6.07) is 11.9. The van der Waals surface area contributed by atoms with Crippen LogP contribution in [-0.4, -0.2) is 66.2 Å². The molecule has 0 unspecified atom stereocenters. The molecule has 3 heterocycles. The molecule has 0 spiro atoms. The quantitative estimate of drug-likeness (QED) is 0.724. The Bertz CT molecular complexity index is 903. The standard InChI is InChI=1S/C26H35N3O3/c1-20-8-6-13-27-23(20)19-28-14-4-3-11-24-25(31-2)12-7-15-29(24)26(30)21-9-5-10-22(18-21)32-17-16-28/h5-6,8-10,13,18,24-25H,3-4,7,11-12,14-17,19H2,1-2H3/t24-,25-/m0/s1. The Balaban J connectivity index is 1.54. The predicted octanol–water partition coefficient (Wildman–Crippen LogP) is 4.07. The second-order valence-electron chi connectivity index (χ2n) is 8.90. The summed E-state index contributed by atoms with van der Waals surface area (Å²) in [4.78, 5) is 22.4. The van der Waals surface area contributed by atoms with E-state index in [2.05, 4.69) is 22.9 Å². The van der Waals surface area contributed by atoms with Gasteiger partial charge in [0.05, 0.1) is 17.8 Å². The van der Waals surface area contributed by atoms with Crippen LogP contribution in [0.3, 0.4) is 0 Å². The molecule has 0 aliphatic carbocycles. The molecule has 172 valence electrons. The van der Waals surface area contributed by atoms with Gasteiger partial charge < -0.3 is 14.4 Å². The molecule has 32 heavy (non-hydrogen) atoms. The van der Waals surface area contributed by atoms with E-state index in [-0.39, 0.29) is 18.1 Å². The number of benzene rings is 1. The van der Waals surface area contributed by atoms with E-state index in [0.717, 1.165) is 69.7 Å². The van der Waals surface area contributed by atoms with Crippen LogP contribution >= 0.6 is 0 Å². The zero-order chi connectivity index (χ0) is 22.3. The van der Waals surface area contributed by atoms with Gasteiger partial charge in [0.25, 0.3) is 5.91 Å². The number of hydrogen-bond acceptors (Lipinski definition) is 5. The highest BCUT2D eigenvalue weighted by Gasteiger charge is 2.34. The number of pyridine rings is 1. The minimum absolute atomic E-state index is 0.0894. The van der Waals surface area contributed by atoms with Crippen molar-refractivity contribution in [1.82, 2.24) is 14.8 Å². The lowest BCUT2D eigenvalue weighted by Crippen LogP contribution is -2.51. The SMILES string of the molecule is CO[C@H]1CCCN2C(=O)c3cccc(c3)OCCN(Cc3ncccc3C)CCCC[C@@H]12. The number of nitrogens with zero attached hydrogens (tertiary/aromatic N) is 3. The molecule has 2 bridgehead atoms. The number of ether oxygens (including phenoxy) is 2. The number of piperidine rings is 1. The summed E-state index contributed by atoms with van der Waals surface area (Å²) in [5.74, 6) is 0.838. The van der Waals surface area contributed by atoms with E-state index in [1.54, 1.807) is 7.11 Å². The van der Waals surface area contributed by atoms with Gasteiger partial charge in [-0.3, -0.25) is 14.7 Å². The molecular weight excluding hydrogens is 402 g/mol. The summed E-state index contributed by atoms with van der Waals surface area (Å²) < 4.78 is 11.9. The maximum absolute atomic E-state index is 13.4. The molecule has 2 aliphatic rings. The summed E-state index contributed by atoms with van der Waals surface area (Å²) in [7, 11) is 1.77. The monoisotopic (exact) mass is 437 g/mol. The Labute approximate surface area is 191 Å². The van der Waals surface area contributed by atoms with Crippen LogP contribution in [0.1, 0.15) is 53.7 Å². The van der Waals surface area contributed by atoms with Crippen LogP contribution in [0.15, 0.2) is 42.6 Å². The molecule has 0 N–H and O–H groups in total. The van der Waals surface area contributed by atoms with E-state index < -0.39 is 0 Å². The van der Waals surface area contributed by atoms with Crippen LogP contribution in [0, 0.1) is 6.92 Å². The Hall–Kier alpha value is -2.44. The summed E-state index contributed by atoms with van der Waals surface area (Å²) in [5.41, 5.74) is 3.04. The highest BCUT2D eigenvalue weighted by Crippen LogP contribution is 2.27. The number of carbonyl (C=O) groups excluding carboxylic acids is 1. The molecule has 0 saturated carbocycles. The molecule has 1 fully saturated rings. The van der Waals surface area contributed by atoms with Crippen molar-refractivity contribution in [2.45, 2.75) is 57.7 Å². The van der Waals surface area contributed by atoms with Gasteiger partial charge in [0, 0.05) is 38.5 Å². The number of carbonyl (C=O) groups is 1. The Kier molecular flexibility index (Phi) is 7.76. The van der Waals surface area contributed by atoms with Gasteiger partial charge in [-0.1, -0.05) is 18.6 Å². The van der Waals surface area contributed by atoms with Gasteiger partial charge >= 0.3 is 0 Å². The van der Waals surface area contributed by atoms with E-state index >= 15 is 0 Å². The van der Waals surface area contributed by atoms with Gasteiger partial charge in [0.2, 0.25) is 0 Å². The zero-order valence-electron chi connectivity index (χ0n) is 19.3. The molecule has 6 nitrogen and oxygen atoms in total. The fourth-order valence-electron chi connectivity index (χ4n) is 4.92. The first-order valence-electron chi connectivity index (χ1n) is 11.8. The molecule has 1 aromatic heterocycles. The first kappa shape index (κ1) is 22.7. The maximum Gasteiger partial charge on any atom is 0.254 e. The van der Waals surface area contributed by atoms with Crippen molar-refractivity contribution in [3.8, 4) is 5.75 Å². The molecule has 2 atom stereocenters. The van der Waals surface area contributed by atoms with Crippen molar-refractivity contribution in [2.24, 2.45) is 0 Å². The molecule has 1 saturated heterocycles. The fourth-order valence-corrected chi connectivity index (χ4v) is 4.92. The van der Waals surface area contributed by atoms with E-state index in [1.165, 1.54) is 5.56 Å². The van der Waals surface area contributed by atoms with Gasteiger partial charge in [-0.2, -0.15) is 0 Å². The number of rotatable bonds is 3. The number of aryl methyl sites for hydroxylation is 1. The first-order chi connectivity index (χ1) is 15.7. The number of amides is 1. The number of hydrogen-bond donors (Lipinski definition) is 0. The molecular formula is C26H35N3O3. The Morgan fingerprint density at radius 3 is 2.84 bits per heavy atom. The molecule has 2 aromatic rings. The van der Waals surface area contributed by atoms with Crippen molar-refractivity contribution in [1.29, 1.82) is 0 Å². The molecule has 2 aliphatic heterocycles. The number of methoxy groups -OCH3 is 1. The van der Waals surface area contributed by atoms with Crippen LogP contribution in [-0.2, 0) is 11.3 Å². The Morgan fingerprint density at radius 1 is 1.09 bits per heavy atom. The Morgan fingerprint density at radius 2 is 2.00 bits per heavy atom. The van der Waals surface area contributed by atoms with Crippen LogP contribution in [0.25, 0.3) is 0 Å². The largest absolute Gasteiger partial charge is 0.492 e. The van der Waals surface area contributed by atoms with Gasteiger partial charge in [-0.25, -0.2) is 0 Å². The summed E-state index contributed by atoms with van der Waals surface area (Å²) in [6.07, 6.45) is 7.07. The highest BCUT2D eigenvalue weighted by atomic mass is 16.5. The smallest absolute Gasteiger partial charge is 0.254 e. The molecule has 0 radical (unpaired) electrons. The summed E-state index contributed by atoms with van der Waals surface area (Å²) >= 11 is 0. The molecule has 4 rings (SSSR count). The van der Waals surface area contributed by atoms with Crippen LogP contribution in [0.2, 0.25) is 0 Å². The van der Waals surface area contributed by atoms with E-state index in [1.807, 2.05) is 41.4 Å². The fraction of sp³-hybridized carbons (Fsp3) is 0.538. The topological polar surface area (TPSA) is 54.9 Å². The predicted molar refractivity (Wildman–Crippen MR) is 125 cm³/mol. The van der Waals surface area contributed by atoms with E-state index in [0.29, 0.717) is 12.2 Å². The molecule has 1 aromatic carbocycles. The van der Waals surface area contributed by atoms with E-state index in [4.69, 9.17) is 9.47 Å².